The standard InChI is InChI=1S/C14H12F4N2O/c1-19-13(9-6-10(15)8-20-7-9)11-4-2-3-5-12(11)21-14(16,17)18/h2-8,13,19H,1H3. The van der Waals surface area contributed by atoms with E-state index in [1.165, 1.54) is 30.5 Å². The topological polar surface area (TPSA) is 34.2 Å². The van der Waals surface area contributed by atoms with Crippen LogP contribution in [0.25, 0.3) is 0 Å². The highest BCUT2D eigenvalue weighted by Gasteiger charge is 2.33. The number of benzene rings is 1. The van der Waals surface area contributed by atoms with E-state index in [9.17, 15) is 17.6 Å². The summed E-state index contributed by atoms with van der Waals surface area (Å²) in [6.45, 7) is 0. The highest BCUT2D eigenvalue weighted by molar-refractivity contribution is 5.41. The molecule has 0 aliphatic heterocycles. The van der Waals surface area contributed by atoms with E-state index in [2.05, 4.69) is 15.0 Å². The normalized spacial score (nSPS) is 13.0. The molecule has 1 N–H and O–H groups in total. The van der Waals surface area contributed by atoms with Crippen LogP contribution < -0.4 is 10.1 Å². The molecule has 7 heteroatoms. The molecule has 21 heavy (non-hydrogen) atoms. The fourth-order valence-electron chi connectivity index (χ4n) is 2.02. The van der Waals surface area contributed by atoms with Crippen LogP contribution in [0.15, 0.2) is 42.7 Å². The molecule has 0 saturated carbocycles. The Morgan fingerprint density at radius 2 is 1.90 bits per heavy atom. The molecule has 3 nitrogen and oxygen atoms in total. The number of aromatic nitrogens is 1. The number of halogens is 4. The van der Waals surface area contributed by atoms with Crippen molar-refractivity contribution in [1.29, 1.82) is 0 Å². The number of nitrogens with zero attached hydrogens (tertiary/aromatic N) is 1. The molecule has 0 aliphatic rings. The lowest BCUT2D eigenvalue weighted by molar-refractivity contribution is -0.275. The van der Waals surface area contributed by atoms with Crippen molar-refractivity contribution in [1.82, 2.24) is 10.3 Å². The number of alkyl halides is 3. The Kier molecular flexibility index (Phi) is 4.42. The zero-order valence-corrected chi connectivity index (χ0v) is 11.0. The minimum Gasteiger partial charge on any atom is -0.405 e. The summed E-state index contributed by atoms with van der Waals surface area (Å²) in [5.41, 5.74) is 0.639. The minimum atomic E-state index is -4.80. The van der Waals surface area contributed by atoms with Crippen molar-refractivity contribution in [3.05, 3.63) is 59.7 Å². The summed E-state index contributed by atoms with van der Waals surface area (Å²) in [6.07, 6.45) is -2.39. The number of para-hydroxylation sites is 1. The molecule has 0 fully saturated rings. The first-order valence-electron chi connectivity index (χ1n) is 6.03. The number of hydrogen-bond acceptors (Lipinski definition) is 3. The summed E-state index contributed by atoms with van der Waals surface area (Å²) in [6, 6.07) is 6.23. The Hall–Kier alpha value is -2.15. The fourth-order valence-corrected chi connectivity index (χ4v) is 2.02. The molecule has 1 unspecified atom stereocenters. The summed E-state index contributed by atoms with van der Waals surface area (Å²) in [5.74, 6) is -0.907. The van der Waals surface area contributed by atoms with Crippen LogP contribution in [0.3, 0.4) is 0 Å². The third-order valence-corrected chi connectivity index (χ3v) is 2.80. The molecule has 1 heterocycles. The molecule has 1 aromatic carbocycles. The molecular weight excluding hydrogens is 288 g/mol. The maximum Gasteiger partial charge on any atom is 0.573 e. The number of rotatable bonds is 4. The first-order chi connectivity index (χ1) is 9.90. The number of ether oxygens (including phenoxy) is 1. The van der Waals surface area contributed by atoms with Crippen molar-refractivity contribution in [3.63, 3.8) is 0 Å². The van der Waals surface area contributed by atoms with Gasteiger partial charge in [-0.25, -0.2) is 4.39 Å². The van der Waals surface area contributed by atoms with Crippen LogP contribution in [0.5, 0.6) is 5.75 Å². The van der Waals surface area contributed by atoms with Crippen LogP contribution in [0, 0.1) is 5.82 Å². The minimum absolute atomic E-state index is 0.240. The highest BCUT2D eigenvalue weighted by atomic mass is 19.4. The van der Waals surface area contributed by atoms with Gasteiger partial charge in [-0.15, -0.1) is 13.2 Å². The van der Waals surface area contributed by atoms with Gasteiger partial charge >= 0.3 is 6.36 Å². The lowest BCUT2D eigenvalue weighted by atomic mass is 9.99. The van der Waals surface area contributed by atoms with E-state index >= 15 is 0 Å². The zero-order valence-electron chi connectivity index (χ0n) is 11.0. The lowest BCUT2D eigenvalue weighted by Gasteiger charge is -2.21. The Morgan fingerprint density at radius 1 is 1.19 bits per heavy atom. The Balaban J connectivity index is 2.43. The smallest absolute Gasteiger partial charge is 0.405 e. The molecule has 0 aliphatic carbocycles. The average molecular weight is 300 g/mol. The van der Waals surface area contributed by atoms with E-state index in [1.807, 2.05) is 0 Å². The van der Waals surface area contributed by atoms with Crippen molar-refractivity contribution < 1.29 is 22.3 Å². The van der Waals surface area contributed by atoms with Gasteiger partial charge in [0.05, 0.1) is 12.2 Å². The Bertz CT molecular complexity index is 616. The van der Waals surface area contributed by atoms with E-state index in [0.29, 0.717) is 5.56 Å². The zero-order chi connectivity index (χ0) is 15.5. The maximum atomic E-state index is 13.2. The predicted molar refractivity (Wildman–Crippen MR) is 68.2 cm³/mol. The molecule has 2 rings (SSSR count). The van der Waals surface area contributed by atoms with Gasteiger partial charge in [0.1, 0.15) is 11.6 Å². The molecule has 112 valence electrons. The summed E-state index contributed by atoms with van der Waals surface area (Å²) in [4.78, 5) is 3.70. The summed E-state index contributed by atoms with van der Waals surface area (Å²) < 4.78 is 54.6. The average Bonchev–Trinajstić information content (AvgIpc) is 2.40. The van der Waals surface area contributed by atoms with E-state index < -0.39 is 18.2 Å². The van der Waals surface area contributed by atoms with Crippen LogP contribution in [0.4, 0.5) is 17.6 Å². The largest absolute Gasteiger partial charge is 0.573 e. The third-order valence-electron chi connectivity index (χ3n) is 2.80. The Morgan fingerprint density at radius 3 is 2.52 bits per heavy atom. The highest BCUT2D eigenvalue weighted by Crippen LogP contribution is 2.33. The van der Waals surface area contributed by atoms with Crippen LogP contribution in [-0.2, 0) is 0 Å². The quantitative estimate of drug-likeness (QED) is 0.878. The first kappa shape index (κ1) is 15.2. The molecule has 1 aromatic heterocycles. The van der Waals surface area contributed by atoms with Gasteiger partial charge in [0.2, 0.25) is 0 Å². The number of pyridine rings is 1. The van der Waals surface area contributed by atoms with Crippen molar-refractivity contribution in [2.75, 3.05) is 7.05 Å². The Labute approximate surface area is 118 Å². The van der Waals surface area contributed by atoms with Crippen LogP contribution in [0.2, 0.25) is 0 Å². The van der Waals surface area contributed by atoms with Gasteiger partial charge in [0, 0.05) is 11.8 Å². The third kappa shape index (κ3) is 3.91. The second-order valence-electron chi connectivity index (χ2n) is 4.24. The molecule has 1 atom stereocenters. The second kappa shape index (κ2) is 6.09. The molecule has 0 radical (unpaired) electrons. The lowest BCUT2D eigenvalue weighted by Crippen LogP contribution is -2.22. The maximum absolute atomic E-state index is 13.2. The van der Waals surface area contributed by atoms with Gasteiger partial charge in [-0.1, -0.05) is 18.2 Å². The molecule has 0 saturated heterocycles. The van der Waals surface area contributed by atoms with Gasteiger partial charge < -0.3 is 10.1 Å². The van der Waals surface area contributed by atoms with Gasteiger partial charge in [0.25, 0.3) is 0 Å². The van der Waals surface area contributed by atoms with E-state index in [0.717, 1.165) is 6.20 Å². The summed E-state index contributed by atoms with van der Waals surface area (Å²) in [7, 11) is 1.56. The molecule has 0 spiro atoms. The van der Waals surface area contributed by atoms with Gasteiger partial charge in [-0.3, -0.25) is 4.98 Å². The number of hydrogen-bond donors (Lipinski definition) is 1. The van der Waals surface area contributed by atoms with Crippen LogP contribution in [0.1, 0.15) is 17.2 Å². The molecule has 0 amide bonds. The van der Waals surface area contributed by atoms with Gasteiger partial charge in [0.15, 0.2) is 0 Å². The summed E-state index contributed by atoms with van der Waals surface area (Å²) in [5, 5.41) is 2.83. The van der Waals surface area contributed by atoms with Crippen molar-refractivity contribution in [2.45, 2.75) is 12.4 Å². The van der Waals surface area contributed by atoms with E-state index in [4.69, 9.17) is 0 Å². The van der Waals surface area contributed by atoms with E-state index in [1.54, 1.807) is 13.1 Å². The van der Waals surface area contributed by atoms with Crippen molar-refractivity contribution >= 4 is 0 Å². The molecule has 0 bridgehead atoms. The van der Waals surface area contributed by atoms with Crippen molar-refractivity contribution in [2.24, 2.45) is 0 Å². The SMILES string of the molecule is CNC(c1cncc(F)c1)c1ccccc1OC(F)(F)F. The van der Waals surface area contributed by atoms with Gasteiger partial charge in [-0.05, 0) is 24.7 Å². The van der Waals surface area contributed by atoms with E-state index in [-0.39, 0.29) is 11.3 Å². The van der Waals surface area contributed by atoms with Crippen LogP contribution >= 0.6 is 0 Å². The van der Waals surface area contributed by atoms with Gasteiger partial charge in [-0.2, -0.15) is 0 Å². The second-order valence-corrected chi connectivity index (χ2v) is 4.24. The van der Waals surface area contributed by atoms with Crippen molar-refractivity contribution in [3.8, 4) is 5.75 Å². The van der Waals surface area contributed by atoms with Crippen LogP contribution in [-0.4, -0.2) is 18.4 Å². The predicted octanol–water partition coefficient (Wildman–Crippen LogP) is 3.43. The monoisotopic (exact) mass is 300 g/mol. The fraction of sp³-hybridized carbons (Fsp3) is 0.214. The number of nitrogens with one attached hydrogen (secondary N) is 1. The summed E-state index contributed by atoms with van der Waals surface area (Å²) >= 11 is 0. The molecule has 2 aromatic rings. The first-order valence-corrected chi connectivity index (χ1v) is 6.03. The molecular formula is C14H12F4N2O.